The Hall–Kier alpha value is -2.17. The topological polar surface area (TPSA) is 53.9 Å². The number of hydrogen-bond donors (Lipinski definition) is 1. The zero-order valence-electron chi connectivity index (χ0n) is 9.25. The lowest BCUT2D eigenvalue weighted by Gasteiger charge is -2.16. The highest BCUT2D eigenvalue weighted by Gasteiger charge is 2.06. The molecule has 5 heteroatoms. The first kappa shape index (κ1) is 10.4. The molecule has 2 aromatic heterocycles. The van der Waals surface area contributed by atoms with Gasteiger partial charge < -0.3 is 10.2 Å². The highest BCUT2D eigenvalue weighted by molar-refractivity contribution is 5.57. The maximum absolute atomic E-state index is 4.26. The first-order valence-corrected chi connectivity index (χ1v) is 4.96. The molecule has 0 unspecified atom stereocenters. The molecule has 0 saturated carbocycles. The number of pyridine rings is 1. The lowest BCUT2D eigenvalue weighted by atomic mass is 10.4. The van der Waals surface area contributed by atoms with Crippen molar-refractivity contribution in [2.45, 2.75) is 0 Å². The minimum Gasteiger partial charge on any atom is -0.373 e. The van der Waals surface area contributed by atoms with Crippen LogP contribution in [0.15, 0.2) is 36.8 Å². The summed E-state index contributed by atoms with van der Waals surface area (Å²) in [6.07, 6.45) is 3.28. The monoisotopic (exact) mass is 215 g/mol. The number of anilines is 3. The van der Waals surface area contributed by atoms with E-state index < -0.39 is 0 Å². The molecule has 1 N–H and O–H groups in total. The summed E-state index contributed by atoms with van der Waals surface area (Å²) in [5.74, 6) is 2.44. The van der Waals surface area contributed by atoms with E-state index in [-0.39, 0.29) is 0 Å². The van der Waals surface area contributed by atoms with E-state index in [4.69, 9.17) is 0 Å². The minimum atomic E-state index is 0.785. The molecule has 0 amide bonds. The molecule has 0 atom stereocenters. The molecule has 2 heterocycles. The van der Waals surface area contributed by atoms with E-state index in [1.165, 1.54) is 6.33 Å². The number of aromatic nitrogens is 3. The van der Waals surface area contributed by atoms with Crippen molar-refractivity contribution in [3.05, 3.63) is 36.8 Å². The van der Waals surface area contributed by atoms with Gasteiger partial charge in [-0.05, 0) is 12.1 Å². The van der Waals surface area contributed by atoms with Crippen LogP contribution in [0.4, 0.5) is 17.5 Å². The number of nitrogens with one attached hydrogen (secondary N) is 1. The Morgan fingerprint density at radius 3 is 2.69 bits per heavy atom. The van der Waals surface area contributed by atoms with Crippen LogP contribution in [0.3, 0.4) is 0 Å². The van der Waals surface area contributed by atoms with Crippen molar-refractivity contribution in [2.75, 3.05) is 24.3 Å². The van der Waals surface area contributed by atoms with Gasteiger partial charge in [-0.15, -0.1) is 0 Å². The molecule has 16 heavy (non-hydrogen) atoms. The predicted molar refractivity (Wildman–Crippen MR) is 63.9 cm³/mol. The van der Waals surface area contributed by atoms with Gasteiger partial charge in [0.2, 0.25) is 0 Å². The second kappa shape index (κ2) is 4.57. The van der Waals surface area contributed by atoms with Crippen LogP contribution in [0.1, 0.15) is 0 Å². The Kier molecular flexibility index (Phi) is 2.95. The Balaban J connectivity index is 2.30. The summed E-state index contributed by atoms with van der Waals surface area (Å²) in [6, 6.07) is 7.63. The minimum absolute atomic E-state index is 0.785. The molecule has 0 aliphatic carbocycles. The Labute approximate surface area is 94.2 Å². The highest BCUT2D eigenvalue weighted by Crippen LogP contribution is 2.19. The standard InChI is InChI=1S/C11H13N5/c1-12-9-7-11(15-8-14-9)16(2)10-5-3-4-6-13-10/h3-8H,1-2H3,(H,12,14,15). The molecule has 0 fully saturated rings. The average Bonchev–Trinajstić information content (AvgIpc) is 2.39. The molecular formula is C11H13N5. The van der Waals surface area contributed by atoms with Crippen molar-refractivity contribution in [1.29, 1.82) is 0 Å². The SMILES string of the molecule is CNc1cc(N(C)c2ccccn2)ncn1. The molecule has 0 aliphatic heterocycles. The fourth-order valence-corrected chi connectivity index (χ4v) is 1.34. The van der Waals surface area contributed by atoms with Gasteiger partial charge in [-0.2, -0.15) is 0 Å². The van der Waals surface area contributed by atoms with Crippen LogP contribution >= 0.6 is 0 Å². The predicted octanol–water partition coefficient (Wildman–Crippen LogP) is 1.68. The van der Waals surface area contributed by atoms with E-state index in [9.17, 15) is 0 Å². The summed E-state index contributed by atoms with van der Waals surface area (Å²) in [5.41, 5.74) is 0. The van der Waals surface area contributed by atoms with Crippen molar-refractivity contribution in [2.24, 2.45) is 0 Å². The van der Waals surface area contributed by atoms with Gasteiger partial charge in [0, 0.05) is 26.4 Å². The summed E-state index contributed by atoms with van der Waals surface area (Å²) in [7, 11) is 3.75. The zero-order chi connectivity index (χ0) is 11.4. The van der Waals surface area contributed by atoms with Gasteiger partial charge in [0.25, 0.3) is 0 Å². The second-order valence-corrected chi connectivity index (χ2v) is 3.26. The molecule has 0 radical (unpaired) electrons. The third-order valence-electron chi connectivity index (χ3n) is 2.25. The number of hydrogen-bond acceptors (Lipinski definition) is 5. The Morgan fingerprint density at radius 1 is 1.12 bits per heavy atom. The molecule has 0 spiro atoms. The maximum atomic E-state index is 4.26. The van der Waals surface area contributed by atoms with Crippen molar-refractivity contribution in [1.82, 2.24) is 15.0 Å². The van der Waals surface area contributed by atoms with Crippen LogP contribution in [-0.2, 0) is 0 Å². The third kappa shape index (κ3) is 2.08. The fourth-order valence-electron chi connectivity index (χ4n) is 1.34. The number of nitrogens with zero attached hydrogens (tertiary/aromatic N) is 4. The second-order valence-electron chi connectivity index (χ2n) is 3.26. The number of rotatable bonds is 3. The zero-order valence-corrected chi connectivity index (χ0v) is 9.25. The van der Waals surface area contributed by atoms with E-state index in [0.717, 1.165) is 17.5 Å². The van der Waals surface area contributed by atoms with E-state index in [0.29, 0.717) is 0 Å². The van der Waals surface area contributed by atoms with E-state index >= 15 is 0 Å². The van der Waals surface area contributed by atoms with Crippen molar-refractivity contribution < 1.29 is 0 Å². The van der Waals surface area contributed by atoms with Gasteiger partial charge >= 0.3 is 0 Å². The molecule has 0 aromatic carbocycles. The normalized spacial score (nSPS) is 9.88. The molecule has 82 valence electrons. The van der Waals surface area contributed by atoms with Crippen LogP contribution in [0.2, 0.25) is 0 Å². The maximum Gasteiger partial charge on any atom is 0.139 e. The third-order valence-corrected chi connectivity index (χ3v) is 2.25. The van der Waals surface area contributed by atoms with Crippen LogP contribution in [-0.4, -0.2) is 29.0 Å². The first-order chi connectivity index (χ1) is 7.81. The molecule has 0 aliphatic rings. The van der Waals surface area contributed by atoms with Crippen LogP contribution < -0.4 is 10.2 Å². The largest absolute Gasteiger partial charge is 0.373 e. The van der Waals surface area contributed by atoms with Gasteiger partial charge in [0.05, 0.1) is 0 Å². The van der Waals surface area contributed by atoms with Crippen molar-refractivity contribution >= 4 is 17.5 Å². The van der Waals surface area contributed by atoms with Gasteiger partial charge in [-0.25, -0.2) is 15.0 Å². The summed E-state index contributed by atoms with van der Waals surface area (Å²) in [6.45, 7) is 0. The van der Waals surface area contributed by atoms with Gasteiger partial charge in [0.1, 0.15) is 23.8 Å². The lowest BCUT2D eigenvalue weighted by Crippen LogP contribution is -2.13. The first-order valence-electron chi connectivity index (χ1n) is 4.96. The summed E-state index contributed by atoms with van der Waals surface area (Å²) in [4.78, 5) is 14.4. The molecule has 0 saturated heterocycles. The molecule has 0 bridgehead atoms. The molecular weight excluding hydrogens is 202 g/mol. The summed E-state index contributed by atoms with van der Waals surface area (Å²) >= 11 is 0. The average molecular weight is 215 g/mol. The summed E-state index contributed by atoms with van der Waals surface area (Å²) < 4.78 is 0. The van der Waals surface area contributed by atoms with Crippen LogP contribution in [0, 0.1) is 0 Å². The fraction of sp³-hybridized carbons (Fsp3) is 0.182. The van der Waals surface area contributed by atoms with E-state index in [1.54, 1.807) is 6.20 Å². The van der Waals surface area contributed by atoms with E-state index in [2.05, 4.69) is 20.3 Å². The Bertz CT molecular complexity index is 457. The van der Waals surface area contributed by atoms with Crippen LogP contribution in [0.25, 0.3) is 0 Å². The highest BCUT2D eigenvalue weighted by atomic mass is 15.2. The molecule has 5 nitrogen and oxygen atoms in total. The Morgan fingerprint density at radius 2 is 2.00 bits per heavy atom. The van der Waals surface area contributed by atoms with E-state index in [1.807, 2.05) is 43.3 Å². The van der Waals surface area contributed by atoms with Crippen molar-refractivity contribution in [3.63, 3.8) is 0 Å². The summed E-state index contributed by atoms with van der Waals surface area (Å²) in [5, 5.41) is 2.98. The van der Waals surface area contributed by atoms with Gasteiger partial charge in [0.15, 0.2) is 0 Å². The van der Waals surface area contributed by atoms with Crippen LogP contribution in [0.5, 0.6) is 0 Å². The molecule has 2 rings (SSSR count). The lowest BCUT2D eigenvalue weighted by molar-refractivity contribution is 1.05. The van der Waals surface area contributed by atoms with Gasteiger partial charge in [-0.3, -0.25) is 0 Å². The van der Waals surface area contributed by atoms with Gasteiger partial charge in [-0.1, -0.05) is 6.07 Å². The van der Waals surface area contributed by atoms with Crippen molar-refractivity contribution in [3.8, 4) is 0 Å². The smallest absolute Gasteiger partial charge is 0.139 e. The molecule has 2 aromatic rings. The quantitative estimate of drug-likeness (QED) is 0.844.